The number of hydrogen-bond acceptors (Lipinski definition) is 5. The summed E-state index contributed by atoms with van der Waals surface area (Å²) in [5, 5.41) is 10.1. The lowest BCUT2D eigenvalue weighted by Crippen LogP contribution is -2.55. The van der Waals surface area contributed by atoms with E-state index in [1.807, 2.05) is 0 Å². The molecule has 2 heterocycles. The molecule has 1 aromatic heterocycles. The third-order valence-corrected chi connectivity index (χ3v) is 5.66. The molecular weight excluding hydrogens is 302 g/mol. The zero-order valence-electron chi connectivity index (χ0n) is 12.7. The molecule has 1 aromatic rings. The van der Waals surface area contributed by atoms with Gasteiger partial charge in [-0.25, -0.2) is 4.79 Å². The molecule has 2 aliphatic rings. The van der Waals surface area contributed by atoms with Gasteiger partial charge in [-0.2, -0.15) is 16.9 Å². The minimum Gasteiger partial charge on any atom is -0.467 e. The van der Waals surface area contributed by atoms with Crippen LogP contribution in [0.1, 0.15) is 47.4 Å². The average molecular weight is 323 g/mol. The second-order valence-electron chi connectivity index (χ2n) is 5.92. The van der Waals surface area contributed by atoms with Crippen molar-refractivity contribution in [3.63, 3.8) is 0 Å². The van der Waals surface area contributed by atoms with E-state index in [1.54, 1.807) is 11.8 Å². The van der Waals surface area contributed by atoms with Crippen LogP contribution in [0.2, 0.25) is 0 Å². The first-order chi connectivity index (χ1) is 10.7. The second-order valence-corrected chi connectivity index (χ2v) is 7.03. The van der Waals surface area contributed by atoms with E-state index >= 15 is 0 Å². The van der Waals surface area contributed by atoms with Gasteiger partial charge in [0.25, 0.3) is 5.91 Å². The van der Waals surface area contributed by atoms with E-state index in [0.29, 0.717) is 17.9 Å². The Morgan fingerprint density at radius 1 is 1.32 bits per heavy atom. The van der Waals surface area contributed by atoms with Gasteiger partial charge in [-0.1, -0.05) is 6.42 Å². The number of nitrogens with one attached hydrogen (secondary N) is 2. The van der Waals surface area contributed by atoms with Gasteiger partial charge in [-0.05, 0) is 37.9 Å². The third kappa shape index (κ3) is 2.74. The van der Waals surface area contributed by atoms with Crippen LogP contribution < -0.4 is 5.32 Å². The van der Waals surface area contributed by atoms with Gasteiger partial charge in [0.1, 0.15) is 5.54 Å². The Morgan fingerprint density at radius 3 is 2.86 bits per heavy atom. The van der Waals surface area contributed by atoms with Crippen LogP contribution in [0.4, 0.5) is 0 Å². The van der Waals surface area contributed by atoms with Crippen molar-refractivity contribution in [2.45, 2.75) is 44.1 Å². The van der Waals surface area contributed by atoms with Crippen LogP contribution in [0.5, 0.6) is 0 Å². The summed E-state index contributed by atoms with van der Waals surface area (Å²) < 4.78 is 4.89. The van der Waals surface area contributed by atoms with Gasteiger partial charge in [0.2, 0.25) is 0 Å². The highest BCUT2D eigenvalue weighted by Crippen LogP contribution is 2.30. The molecule has 6 nitrogen and oxygen atoms in total. The molecule has 0 aromatic carbocycles. The van der Waals surface area contributed by atoms with E-state index < -0.39 is 5.54 Å². The molecule has 0 bridgehead atoms. The van der Waals surface area contributed by atoms with Gasteiger partial charge >= 0.3 is 5.97 Å². The van der Waals surface area contributed by atoms with E-state index in [-0.39, 0.29) is 11.9 Å². The third-order valence-electron chi connectivity index (χ3n) is 4.47. The summed E-state index contributed by atoms with van der Waals surface area (Å²) in [6.07, 6.45) is 5.78. The van der Waals surface area contributed by atoms with Gasteiger partial charge in [-0.15, -0.1) is 0 Å². The summed E-state index contributed by atoms with van der Waals surface area (Å²) in [6, 6.07) is 0. The van der Waals surface area contributed by atoms with Crippen LogP contribution in [-0.4, -0.2) is 46.2 Å². The van der Waals surface area contributed by atoms with Crippen molar-refractivity contribution in [3.05, 3.63) is 17.0 Å². The number of amides is 1. The zero-order valence-corrected chi connectivity index (χ0v) is 13.6. The van der Waals surface area contributed by atoms with Crippen molar-refractivity contribution in [1.82, 2.24) is 15.5 Å². The highest BCUT2D eigenvalue weighted by Gasteiger charge is 2.45. The number of rotatable bonds is 3. The molecule has 1 fully saturated rings. The predicted octanol–water partition coefficient (Wildman–Crippen LogP) is 1.46. The number of methoxy groups -OCH3 is 1. The second kappa shape index (κ2) is 6.32. The number of hydrogen-bond donors (Lipinski definition) is 2. The molecule has 2 N–H and O–H groups in total. The minimum absolute atomic E-state index is 0.271. The van der Waals surface area contributed by atoms with E-state index in [9.17, 15) is 9.59 Å². The number of fused-ring (bicyclic) bond motifs is 1. The Bertz CT molecular complexity index is 579. The maximum absolute atomic E-state index is 12.7. The van der Waals surface area contributed by atoms with Gasteiger partial charge < -0.3 is 10.1 Å². The van der Waals surface area contributed by atoms with Gasteiger partial charge in [0, 0.05) is 17.0 Å². The van der Waals surface area contributed by atoms with Crippen LogP contribution >= 0.6 is 11.8 Å². The number of ether oxygens (including phenoxy) is 1. The van der Waals surface area contributed by atoms with E-state index in [1.165, 1.54) is 13.5 Å². The molecule has 1 aliphatic heterocycles. The van der Waals surface area contributed by atoms with E-state index in [2.05, 4.69) is 15.5 Å². The SMILES string of the molecule is COC(=O)[C@@]1(NC(=O)c2n[nH]c3c2CCCCC3)CCSC1. The lowest BCUT2D eigenvalue weighted by atomic mass is 9.98. The predicted molar refractivity (Wildman–Crippen MR) is 84.0 cm³/mol. The Labute approximate surface area is 133 Å². The average Bonchev–Trinajstić information content (AvgIpc) is 3.09. The van der Waals surface area contributed by atoms with E-state index in [4.69, 9.17) is 4.74 Å². The first-order valence-electron chi connectivity index (χ1n) is 7.71. The van der Waals surface area contributed by atoms with Crippen molar-refractivity contribution in [1.29, 1.82) is 0 Å². The summed E-state index contributed by atoms with van der Waals surface area (Å²) in [7, 11) is 1.36. The fraction of sp³-hybridized carbons (Fsp3) is 0.667. The number of carbonyl (C=O) groups excluding carboxylic acids is 2. The van der Waals surface area contributed by atoms with Crippen molar-refractivity contribution in [2.24, 2.45) is 0 Å². The number of nitrogens with zero attached hydrogens (tertiary/aromatic N) is 1. The molecule has 0 spiro atoms. The van der Waals surface area contributed by atoms with Crippen molar-refractivity contribution < 1.29 is 14.3 Å². The Kier molecular flexibility index (Phi) is 4.42. The van der Waals surface area contributed by atoms with Gasteiger partial charge in [0.15, 0.2) is 5.69 Å². The van der Waals surface area contributed by atoms with Crippen LogP contribution in [0, 0.1) is 0 Å². The minimum atomic E-state index is -0.910. The number of aromatic amines is 1. The molecular formula is C15H21N3O3S. The number of thioether (sulfide) groups is 1. The lowest BCUT2D eigenvalue weighted by molar-refractivity contribution is -0.147. The highest BCUT2D eigenvalue weighted by atomic mass is 32.2. The van der Waals surface area contributed by atoms with Crippen molar-refractivity contribution >= 4 is 23.6 Å². The highest BCUT2D eigenvalue weighted by molar-refractivity contribution is 7.99. The topological polar surface area (TPSA) is 84.1 Å². The van der Waals surface area contributed by atoms with Gasteiger partial charge in [-0.3, -0.25) is 9.89 Å². The zero-order chi connectivity index (χ0) is 15.6. The van der Waals surface area contributed by atoms with Gasteiger partial charge in [0.05, 0.1) is 7.11 Å². The summed E-state index contributed by atoms with van der Waals surface area (Å²) in [6.45, 7) is 0. The first kappa shape index (κ1) is 15.4. The molecule has 1 atom stereocenters. The normalized spacial score (nSPS) is 24.4. The Morgan fingerprint density at radius 2 is 2.14 bits per heavy atom. The van der Waals surface area contributed by atoms with Crippen LogP contribution in [0.15, 0.2) is 0 Å². The standard InChI is InChI=1S/C15H21N3O3S/c1-21-14(20)15(7-8-22-9-15)16-13(19)12-10-5-3-2-4-6-11(10)17-18-12/h2-9H2,1H3,(H,16,19)(H,17,18)/t15-/m1/s1. The lowest BCUT2D eigenvalue weighted by Gasteiger charge is -2.26. The molecule has 0 unspecified atom stereocenters. The summed E-state index contributed by atoms with van der Waals surface area (Å²) in [5.74, 6) is 0.756. The molecule has 7 heteroatoms. The summed E-state index contributed by atoms with van der Waals surface area (Å²) in [4.78, 5) is 24.8. The molecule has 1 aliphatic carbocycles. The fourth-order valence-electron chi connectivity index (χ4n) is 3.19. The van der Waals surface area contributed by atoms with Crippen LogP contribution in [0.3, 0.4) is 0 Å². The van der Waals surface area contributed by atoms with Crippen molar-refractivity contribution in [3.8, 4) is 0 Å². The molecule has 1 saturated heterocycles. The maximum atomic E-state index is 12.7. The monoisotopic (exact) mass is 323 g/mol. The molecule has 0 radical (unpaired) electrons. The molecule has 0 saturated carbocycles. The van der Waals surface area contributed by atoms with Crippen molar-refractivity contribution in [2.75, 3.05) is 18.6 Å². The summed E-state index contributed by atoms with van der Waals surface area (Å²) >= 11 is 1.65. The number of H-pyrrole nitrogens is 1. The number of esters is 1. The largest absolute Gasteiger partial charge is 0.467 e. The smallest absolute Gasteiger partial charge is 0.332 e. The molecule has 3 rings (SSSR count). The molecule has 1 amide bonds. The number of carbonyl (C=O) groups is 2. The summed E-state index contributed by atoms with van der Waals surface area (Å²) in [5.41, 5.74) is 1.61. The van der Waals surface area contributed by atoms with Crippen LogP contribution in [-0.2, 0) is 22.4 Å². The molecule has 120 valence electrons. The van der Waals surface area contributed by atoms with E-state index in [0.717, 1.165) is 42.7 Å². The number of aryl methyl sites for hydroxylation is 1. The number of aromatic nitrogens is 2. The maximum Gasteiger partial charge on any atom is 0.332 e. The molecule has 22 heavy (non-hydrogen) atoms. The fourth-order valence-corrected chi connectivity index (χ4v) is 4.51. The quantitative estimate of drug-likeness (QED) is 0.650. The Hall–Kier alpha value is -1.50. The van der Waals surface area contributed by atoms with Crippen LogP contribution in [0.25, 0.3) is 0 Å². The first-order valence-corrected chi connectivity index (χ1v) is 8.86. The Balaban J connectivity index is 1.82.